The first-order chi connectivity index (χ1) is 4.20. The molecule has 1 saturated heterocycles. The molecule has 0 radical (unpaired) electrons. The van der Waals surface area contributed by atoms with Crippen LogP contribution in [0.1, 0.15) is 20.3 Å². The van der Waals surface area contributed by atoms with Crippen molar-refractivity contribution < 1.29 is 4.74 Å². The lowest BCUT2D eigenvalue weighted by atomic mass is 10.0. The first-order valence-electron chi connectivity index (χ1n) is 3.46. The lowest BCUT2D eigenvalue weighted by molar-refractivity contribution is 0.00504. The molecular formula is C7H13BrO. The molecule has 0 aromatic carbocycles. The van der Waals surface area contributed by atoms with Crippen LogP contribution in [-0.2, 0) is 4.74 Å². The van der Waals surface area contributed by atoms with Gasteiger partial charge in [-0.15, -0.1) is 0 Å². The molecule has 0 aliphatic carbocycles. The largest absolute Gasteiger partial charge is 0.378 e. The Kier molecular flexibility index (Phi) is 2.53. The number of hydrogen-bond acceptors (Lipinski definition) is 1. The molecule has 0 saturated carbocycles. The second-order valence-corrected chi connectivity index (χ2v) is 4.05. The first-order valence-corrected chi connectivity index (χ1v) is 4.37. The molecular weight excluding hydrogens is 180 g/mol. The average molecular weight is 193 g/mol. The lowest BCUT2D eigenvalue weighted by Gasteiger charge is -2.28. The Morgan fingerprint density at radius 3 is 2.56 bits per heavy atom. The van der Waals surface area contributed by atoms with Crippen molar-refractivity contribution in [3.05, 3.63) is 0 Å². The minimum Gasteiger partial charge on any atom is -0.378 e. The minimum absolute atomic E-state index is 0.450. The Hall–Kier alpha value is 0.440. The quantitative estimate of drug-likeness (QED) is 0.536. The van der Waals surface area contributed by atoms with Gasteiger partial charge in [-0.2, -0.15) is 0 Å². The normalized spacial score (nSPS) is 45.0. The van der Waals surface area contributed by atoms with Crippen LogP contribution in [0.4, 0.5) is 0 Å². The number of hydrogen-bond donors (Lipinski definition) is 0. The van der Waals surface area contributed by atoms with E-state index < -0.39 is 0 Å². The van der Waals surface area contributed by atoms with Gasteiger partial charge in [0.2, 0.25) is 0 Å². The summed E-state index contributed by atoms with van der Waals surface area (Å²) in [6.45, 7) is 5.25. The molecule has 3 unspecified atom stereocenters. The maximum Gasteiger partial charge on any atom is 0.0557 e. The molecule has 2 heteroatoms. The van der Waals surface area contributed by atoms with E-state index in [1.807, 2.05) is 0 Å². The van der Waals surface area contributed by atoms with Gasteiger partial charge in [0.05, 0.1) is 12.7 Å². The van der Waals surface area contributed by atoms with Gasteiger partial charge in [0.15, 0.2) is 0 Å². The van der Waals surface area contributed by atoms with Crippen molar-refractivity contribution in [2.75, 3.05) is 6.61 Å². The van der Waals surface area contributed by atoms with Crippen molar-refractivity contribution in [1.29, 1.82) is 0 Å². The molecule has 1 rings (SSSR count). The van der Waals surface area contributed by atoms with Crippen LogP contribution in [-0.4, -0.2) is 17.5 Å². The van der Waals surface area contributed by atoms with E-state index in [1.165, 1.54) is 0 Å². The summed E-state index contributed by atoms with van der Waals surface area (Å²) in [5.74, 6) is 0.682. The topological polar surface area (TPSA) is 9.23 Å². The maximum absolute atomic E-state index is 5.43. The third kappa shape index (κ3) is 1.94. The van der Waals surface area contributed by atoms with E-state index in [2.05, 4.69) is 29.8 Å². The molecule has 0 N–H and O–H groups in total. The van der Waals surface area contributed by atoms with Gasteiger partial charge in [-0.05, 0) is 19.3 Å². The number of alkyl halides is 1. The molecule has 0 aromatic rings. The molecule has 0 bridgehead atoms. The van der Waals surface area contributed by atoms with E-state index in [1.54, 1.807) is 0 Å². The molecule has 1 heterocycles. The average Bonchev–Trinajstić information content (AvgIpc) is 1.80. The Bertz CT molecular complexity index is 94.9. The van der Waals surface area contributed by atoms with Crippen LogP contribution < -0.4 is 0 Å². The van der Waals surface area contributed by atoms with Gasteiger partial charge in [-0.3, -0.25) is 0 Å². The summed E-state index contributed by atoms with van der Waals surface area (Å²) in [4.78, 5) is 0.668. The van der Waals surface area contributed by atoms with Crippen molar-refractivity contribution in [3.8, 4) is 0 Å². The van der Waals surface area contributed by atoms with Gasteiger partial charge >= 0.3 is 0 Å². The van der Waals surface area contributed by atoms with Gasteiger partial charge < -0.3 is 4.74 Å². The van der Waals surface area contributed by atoms with Crippen molar-refractivity contribution in [3.63, 3.8) is 0 Å². The smallest absolute Gasteiger partial charge is 0.0557 e. The predicted octanol–water partition coefficient (Wildman–Crippen LogP) is 2.19. The summed E-state index contributed by atoms with van der Waals surface area (Å²) >= 11 is 3.61. The molecule has 54 valence electrons. The zero-order chi connectivity index (χ0) is 6.85. The molecule has 1 fully saturated rings. The fourth-order valence-electron chi connectivity index (χ4n) is 1.04. The molecule has 3 atom stereocenters. The Morgan fingerprint density at radius 2 is 2.11 bits per heavy atom. The van der Waals surface area contributed by atoms with Crippen LogP contribution in [0.5, 0.6) is 0 Å². The molecule has 9 heavy (non-hydrogen) atoms. The second kappa shape index (κ2) is 3.02. The van der Waals surface area contributed by atoms with Crippen molar-refractivity contribution in [1.82, 2.24) is 0 Å². The number of rotatable bonds is 0. The van der Waals surface area contributed by atoms with Crippen LogP contribution in [0.3, 0.4) is 0 Å². The summed E-state index contributed by atoms with van der Waals surface area (Å²) in [5, 5.41) is 0. The molecule has 0 spiro atoms. The summed E-state index contributed by atoms with van der Waals surface area (Å²) in [5.41, 5.74) is 0. The zero-order valence-electron chi connectivity index (χ0n) is 5.93. The highest BCUT2D eigenvalue weighted by molar-refractivity contribution is 9.09. The monoisotopic (exact) mass is 192 g/mol. The van der Waals surface area contributed by atoms with Gasteiger partial charge in [0.1, 0.15) is 0 Å². The van der Waals surface area contributed by atoms with Crippen LogP contribution in [0.15, 0.2) is 0 Å². The van der Waals surface area contributed by atoms with Crippen LogP contribution in [0.25, 0.3) is 0 Å². The molecule has 1 aliphatic heterocycles. The SMILES string of the molecule is CC1CC(Br)C(C)CO1. The Labute approximate surface area is 64.9 Å². The lowest BCUT2D eigenvalue weighted by Crippen LogP contribution is -2.30. The fraction of sp³-hybridized carbons (Fsp3) is 1.00. The van der Waals surface area contributed by atoms with E-state index >= 15 is 0 Å². The van der Waals surface area contributed by atoms with Crippen molar-refractivity contribution in [2.45, 2.75) is 31.2 Å². The van der Waals surface area contributed by atoms with E-state index in [-0.39, 0.29) is 0 Å². The summed E-state index contributed by atoms with van der Waals surface area (Å²) in [6.07, 6.45) is 1.60. The first kappa shape index (κ1) is 7.55. The van der Waals surface area contributed by atoms with Gasteiger partial charge in [0.25, 0.3) is 0 Å². The van der Waals surface area contributed by atoms with E-state index in [9.17, 15) is 0 Å². The third-order valence-corrected chi connectivity index (χ3v) is 3.09. The Morgan fingerprint density at radius 1 is 1.44 bits per heavy atom. The molecule has 0 amide bonds. The van der Waals surface area contributed by atoms with Gasteiger partial charge in [-0.25, -0.2) is 0 Å². The number of halogens is 1. The molecule has 0 aromatic heterocycles. The fourth-order valence-corrected chi connectivity index (χ4v) is 1.72. The van der Waals surface area contributed by atoms with Crippen LogP contribution >= 0.6 is 15.9 Å². The van der Waals surface area contributed by atoms with Crippen molar-refractivity contribution in [2.24, 2.45) is 5.92 Å². The van der Waals surface area contributed by atoms with Crippen molar-refractivity contribution >= 4 is 15.9 Å². The third-order valence-electron chi connectivity index (χ3n) is 1.82. The summed E-state index contributed by atoms with van der Waals surface area (Å²) < 4.78 is 5.43. The van der Waals surface area contributed by atoms with E-state index in [0.29, 0.717) is 16.8 Å². The second-order valence-electron chi connectivity index (χ2n) is 2.87. The van der Waals surface area contributed by atoms with Gasteiger partial charge in [0, 0.05) is 4.83 Å². The maximum atomic E-state index is 5.43. The molecule has 1 nitrogen and oxygen atoms in total. The van der Waals surface area contributed by atoms with Gasteiger partial charge in [-0.1, -0.05) is 22.9 Å². The highest BCUT2D eigenvalue weighted by Gasteiger charge is 2.23. The molecule has 1 aliphatic rings. The highest BCUT2D eigenvalue weighted by atomic mass is 79.9. The summed E-state index contributed by atoms with van der Waals surface area (Å²) in [7, 11) is 0. The van der Waals surface area contributed by atoms with Crippen LogP contribution in [0, 0.1) is 5.92 Å². The van der Waals surface area contributed by atoms with Crippen LogP contribution in [0.2, 0.25) is 0 Å². The predicted molar refractivity (Wildman–Crippen MR) is 41.9 cm³/mol. The summed E-state index contributed by atoms with van der Waals surface area (Å²) in [6, 6.07) is 0. The number of ether oxygens (including phenoxy) is 1. The van der Waals surface area contributed by atoms with E-state index in [0.717, 1.165) is 13.0 Å². The Balaban J connectivity index is 2.35. The zero-order valence-corrected chi connectivity index (χ0v) is 7.52. The standard InChI is InChI=1S/C7H13BrO/c1-5-4-9-6(2)3-7(5)8/h5-7H,3-4H2,1-2H3. The minimum atomic E-state index is 0.450. The van der Waals surface area contributed by atoms with E-state index in [4.69, 9.17) is 4.74 Å². The highest BCUT2D eigenvalue weighted by Crippen LogP contribution is 2.24.